The van der Waals surface area contributed by atoms with Gasteiger partial charge in [0.15, 0.2) is 0 Å². The van der Waals surface area contributed by atoms with E-state index in [2.05, 4.69) is 55.0 Å². The molecule has 5 fully saturated rings. The number of rotatable bonds is 3. The Morgan fingerprint density at radius 2 is 1.57 bits per heavy atom. The number of carbonyl (C=O) groups excluding carboxylic acids is 2. The highest BCUT2D eigenvalue weighted by atomic mass is 16.1. The lowest BCUT2D eigenvalue weighted by atomic mass is 9.31. The van der Waals surface area contributed by atoms with Crippen molar-refractivity contribution in [3.8, 4) is 0 Å². The second kappa shape index (κ2) is 7.80. The summed E-state index contributed by atoms with van der Waals surface area (Å²) in [6.45, 7) is 23.2. The van der Waals surface area contributed by atoms with Gasteiger partial charge in [-0.25, -0.2) is 0 Å². The minimum absolute atomic E-state index is 0.106. The Hall–Kier alpha value is -0.920. The zero-order valence-corrected chi connectivity index (χ0v) is 24.1. The van der Waals surface area contributed by atoms with E-state index in [4.69, 9.17) is 0 Å². The molecule has 0 spiro atoms. The molecule has 0 saturated heterocycles. The van der Waals surface area contributed by atoms with Crippen LogP contribution in [-0.2, 0) is 9.59 Å². The third kappa shape index (κ3) is 3.01. The average Bonchev–Trinajstić information content (AvgIpc) is 3.18. The molecule has 5 aliphatic rings. The maximum absolute atomic E-state index is 13.5. The van der Waals surface area contributed by atoms with E-state index < -0.39 is 0 Å². The van der Waals surface area contributed by atoms with Gasteiger partial charge in [-0.05, 0) is 124 Å². The molecule has 5 aliphatic carbocycles. The maximum atomic E-state index is 13.5. The molecule has 3 unspecified atom stereocenters. The van der Waals surface area contributed by atoms with Crippen LogP contribution in [0.5, 0.6) is 0 Å². The van der Waals surface area contributed by atoms with E-state index in [0.29, 0.717) is 41.2 Å². The summed E-state index contributed by atoms with van der Waals surface area (Å²) in [5.41, 5.74) is 1.77. The lowest BCUT2D eigenvalue weighted by Crippen LogP contribution is -2.67. The summed E-state index contributed by atoms with van der Waals surface area (Å²) in [5.74, 6) is 3.98. The number of fused-ring (bicyclic) bond motifs is 7. The van der Waals surface area contributed by atoms with Crippen LogP contribution < -0.4 is 0 Å². The molecule has 0 N–H and O–H groups in total. The Kier molecular flexibility index (Phi) is 5.73. The Morgan fingerprint density at radius 1 is 0.886 bits per heavy atom. The normalized spacial score (nSPS) is 52.6. The van der Waals surface area contributed by atoms with E-state index in [9.17, 15) is 9.59 Å². The molecule has 10 atom stereocenters. The fourth-order valence-electron chi connectivity index (χ4n) is 12.2. The average molecular weight is 481 g/mol. The van der Waals surface area contributed by atoms with Crippen LogP contribution in [0.15, 0.2) is 12.2 Å². The quantitative estimate of drug-likeness (QED) is 0.380. The minimum atomic E-state index is -0.209. The van der Waals surface area contributed by atoms with E-state index in [1.807, 2.05) is 6.92 Å². The fourth-order valence-corrected chi connectivity index (χ4v) is 12.2. The molecule has 0 aliphatic heterocycles. The van der Waals surface area contributed by atoms with Gasteiger partial charge in [0, 0.05) is 16.7 Å². The monoisotopic (exact) mass is 480 g/mol. The van der Waals surface area contributed by atoms with Gasteiger partial charge in [0.1, 0.15) is 11.6 Å². The Balaban J connectivity index is 1.58. The molecule has 35 heavy (non-hydrogen) atoms. The van der Waals surface area contributed by atoms with Gasteiger partial charge in [-0.1, -0.05) is 53.7 Å². The lowest BCUT2D eigenvalue weighted by molar-refractivity contribution is -0.236. The molecule has 0 aromatic carbocycles. The molecular weight excluding hydrogens is 428 g/mol. The standard InChI is InChI=1S/C33H52O2/c1-10-22-19-30(7)25(29(5,6)28(22)35)14-15-32(9)26(30)12-11-24-27-23(20(2)3)13-16-33(27,21(4)34)18-17-31(24,32)8/h22-27H,2,10-19H2,1,3-9H3/t22?,23-,24?,25-,26+,27?,30-,31+,32+,33+/m0/s1. The van der Waals surface area contributed by atoms with Gasteiger partial charge in [-0.2, -0.15) is 0 Å². The summed E-state index contributed by atoms with van der Waals surface area (Å²) in [5, 5.41) is 0. The predicted octanol–water partition coefficient (Wildman–Crippen LogP) is 8.44. The van der Waals surface area contributed by atoms with Crippen molar-refractivity contribution in [3.63, 3.8) is 0 Å². The van der Waals surface area contributed by atoms with E-state index in [1.165, 1.54) is 37.7 Å². The first-order valence-corrected chi connectivity index (χ1v) is 14.9. The number of carbonyl (C=O) groups is 2. The summed E-state index contributed by atoms with van der Waals surface area (Å²) in [7, 11) is 0. The van der Waals surface area contributed by atoms with Crippen molar-refractivity contribution in [2.45, 2.75) is 120 Å². The SMILES string of the molecule is C=C(C)[C@@H]1CC[C@]2(C(C)=O)CC[C@]3(C)C(CC[C@@H]4[C@@]5(C)CC(CC)C(=O)C(C)(C)[C@@H]5CC[C@]43C)C12. The summed E-state index contributed by atoms with van der Waals surface area (Å²) in [6, 6.07) is 0. The molecule has 5 saturated carbocycles. The molecule has 0 amide bonds. The van der Waals surface area contributed by atoms with Crippen molar-refractivity contribution < 1.29 is 9.59 Å². The van der Waals surface area contributed by atoms with Crippen LogP contribution >= 0.6 is 0 Å². The van der Waals surface area contributed by atoms with Crippen LogP contribution in [0.2, 0.25) is 0 Å². The molecule has 2 nitrogen and oxygen atoms in total. The van der Waals surface area contributed by atoms with Crippen LogP contribution in [0.4, 0.5) is 0 Å². The molecule has 0 bridgehead atoms. The minimum Gasteiger partial charge on any atom is -0.299 e. The van der Waals surface area contributed by atoms with Gasteiger partial charge >= 0.3 is 0 Å². The van der Waals surface area contributed by atoms with Gasteiger partial charge in [-0.15, -0.1) is 0 Å². The Morgan fingerprint density at radius 3 is 2.17 bits per heavy atom. The van der Waals surface area contributed by atoms with E-state index in [-0.39, 0.29) is 33.0 Å². The third-order valence-corrected chi connectivity index (χ3v) is 14.1. The van der Waals surface area contributed by atoms with Gasteiger partial charge in [0.25, 0.3) is 0 Å². The van der Waals surface area contributed by atoms with Crippen molar-refractivity contribution in [2.24, 2.45) is 62.6 Å². The Bertz CT molecular complexity index is 945. The zero-order chi connectivity index (χ0) is 25.8. The van der Waals surface area contributed by atoms with E-state index >= 15 is 0 Å². The van der Waals surface area contributed by atoms with E-state index in [0.717, 1.165) is 32.1 Å². The molecule has 0 aromatic rings. The van der Waals surface area contributed by atoms with Crippen molar-refractivity contribution in [1.29, 1.82) is 0 Å². The largest absolute Gasteiger partial charge is 0.299 e. The molecule has 196 valence electrons. The highest BCUT2D eigenvalue weighted by molar-refractivity contribution is 5.88. The van der Waals surface area contributed by atoms with Crippen LogP contribution in [0.3, 0.4) is 0 Å². The van der Waals surface area contributed by atoms with Crippen LogP contribution in [-0.4, -0.2) is 11.6 Å². The second-order valence-corrected chi connectivity index (χ2v) is 15.3. The van der Waals surface area contributed by atoms with Crippen molar-refractivity contribution in [1.82, 2.24) is 0 Å². The fraction of sp³-hybridized carbons (Fsp3) is 0.879. The highest BCUT2D eigenvalue weighted by Gasteiger charge is 2.72. The first-order chi connectivity index (χ1) is 16.2. The molecule has 0 heterocycles. The number of hydrogen-bond donors (Lipinski definition) is 0. The number of allylic oxidation sites excluding steroid dienone is 1. The summed E-state index contributed by atoms with van der Waals surface area (Å²) in [6.07, 6.45) is 11.5. The number of ketones is 2. The summed E-state index contributed by atoms with van der Waals surface area (Å²) < 4.78 is 0. The molecule has 2 heteroatoms. The number of hydrogen-bond acceptors (Lipinski definition) is 2. The second-order valence-electron chi connectivity index (χ2n) is 15.3. The molecule has 5 rings (SSSR count). The third-order valence-electron chi connectivity index (χ3n) is 14.1. The molecular formula is C33H52O2. The first kappa shape index (κ1) is 25.7. The van der Waals surface area contributed by atoms with Crippen LogP contribution in [0.1, 0.15) is 120 Å². The first-order valence-electron chi connectivity index (χ1n) is 14.9. The van der Waals surface area contributed by atoms with Gasteiger partial charge < -0.3 is 0 Å². The summed E-state index contributed by atoms with van der Waals surface area (Å²) >= 11 is 0. The molecule has 0 aromatic heterocycles. The highest BCUT2D eigenvalue weighted by Crippen LogP contribution is 2.77. The Labute approximate surface area is 215 Å². The molecule has 0 radical (unpaired) electrons. The topological polar surface area (TPSA) is 34.1 Å². The smallest absolute Gasteiger partial charge is 0.141 e. The van der Waals surface area contributed by atoms with Crippen molar-refractivity contribution >= 4 is 11.6 Å². The summed E-state index contributed by atoms with van der Waals surface area (Å²) in [4.78, 5) is 26.8. The zero-order valence-electron chi connectivity index (χ0n) is 24.1. The van der Waals surface area contributed by atoms with Crippen LogP contribution in [0, 0.1) is 62.6 Å². The maximum Gasteiger partial charge on any atom is 0.141 e. The van der Waals surface area contributed by atoms with Gasteiger partial charge in [-0.3, -0.25) is 9.59 Å². The van der Waals surface area contributed by atoms with Crippen molar-refractivity contribution in [3.05, 3.63) is 12.2 Å². The predicted molar refractivity (Wildman–Crippen MR) is 144 cm³/mol. The van der Waals surface area contributed by atoms with Crippen LogP contribution in [0.25, 0.3) is 0 Å². The van der Waals surface area contributed by atoms with Gasteiger partial charge in [0.05, 0.1) is 0 Å². The van der Waals surface area contributed by atoms with Crippen molar-refractivity contribution in [2.75, 3.05) is 0 Å². The van der Waals surface area contributed by atoms with E-state index in [1.54, 1.807) is 0 Å². The lowest BCUT2D eigenvalue weighted by Gasteiger charge is -2.72. The van der Waals surface area contributed by atoms with Gasteiger partial charge in [0.2, 0.25) is 0 Å². The number of Topliss-reactive ketones (excluding diaryl/α,β-unsaturated/α-hetero) is 2.